The number of hydrogen-bond donors (Lipinski definition) is 1. The third kappa shape index (κ3) is 2.68. The summed E-state index contributed by atoms with van der Waals surface area (Å²) in [5.41, 5.74) is 5.62. The number of rotatable bonds is 5. The molecule has 0 aromatic carbocycles. The van der Waals surface area contributed by atoms with Crippen molar-refractivity contribution in [2.75, 3.05) is 18.1 Å². The van der Waals surface area contributed by atoms with Crippen LogP contribution in [-0.2, 0) is 0 Å². The van der Waals surface area contributed by atoms with Crippen LogP contribution in [0.1, 0.15) is 26.2 Å². The van der Waals surface area contributed by atoms with E-state index in [1.807, 2.05) is 0 Å². The molecule has 1 nitrogen and oxygen atoms in total. The highest BCUT2D eigenvalue weighted by Crippen LogP contribution is 2.36. The zero-order chi connectivity index (χ0) is 8.10. The Balaban J connectivity index is 1.98. The van der Waals surface area contributed by atoms with E-state index in [0.29, 0.717) is 0 Å². The normalized spacial score (nSPS) is 30.0. The molecule has 1 aliphatic carbocycles. The maximum absolute atomic E-state index is 5.62. The van der Waals surface area contributed by atoms with Crippen LogP contribution in [0.3, 0.4) is 0 Å². The van der Waals surface area contributed by atoms with Crippen LogP contribution in [0.15, 0.2) is 0 Å². The Hall–Kier alpha value is 0.310. The van der Waals surface area contributed by atoms with Gasteiger partial charge in [0.1, 0.15) is 0 Å². The predicted octanol–water partition coefficient (Wildman–Crippen LogP) is 2.11. The van der Waals surface area contributed by atoms with Crippen molar-refractivity contribution in [3.63, 3.8) is 0 Å². The van der Waals surface area contributed by atoms with Crippen LogP contribution in [-0.4, -0.2) is 18.1 Å². The molecule has 0 bridgehead atoms. The van der Waals surface area contributed by atoms with Gasteiger partial charge in [-0.05, 0) is 49.1 Å². The monoisotopic (exact) mass is 173 g/mol. The smallest absolute Gasteiger partial charge is 0.00462 e. The number of hydrogen-bond acceptors (Lipinski definition) is 2. The van der Waals surface area contributed by atoms with Crippen LogP contribution >= 0.6 is 11.8 Å². The molecule has 2 unspecified atom stereocenters. The largest absolute Gasteiger partial charge is 0.330 e. The van der Waals surface area contributed by atoms with Crippen molar-refractivity contribution in [3.8, 4) is 0 Å². The molecule has 1 aliphatic rings. The Morgan fingerprint density at radius 2 is 2.09 bits per heavy atom. The molecule has 0 aromatic rings. The second-order valence-electron chi connectivity index (χ2n) is 3.32. The molecule has 2 heteroatoms. The van der Waals surface area contributed by atoms with E-state index in [1.54, 1.807) is 0 Å². The van der Waals surface area contributed by atoms with Gasteiger partial charge in [-0.1, -0.05) is 6.92 Å². The summed E-state index contributed by atoms with van der Waals surface area (Å²) in [6, 6.07) is 0. The molecule has 0 aliphatic heterocycles. The van der Waals surface area contributed by atoms with Gasteiger partial charge in [0.2, 0.25) is 0 Å². The second kappa shape index (κ2) is 5.04. The van der Waals surface area contributed by atoms with Crippen molar-refractivity contribution >= 4 is 11.8 Å². The Morgan fingerprint density at radius 3 is 2.55 bits per heavy atom. The van der Waals surface area contributed by atoms with Crippen LogP contribution in [0.2, 0.25) is 0 Å². The van der Waals surface area contributed by atoms with Crippen molar-refractivity contribution in [3.05, 3.63) is 0 Å². The van der Waals surface area contributed by atoms with E-state index in [1.165, 1.54) is 30.8 Å². The average Bonchev–Trinajstić information content (AvgIpc) is 1.97. The summed E-state index contributed by atoms with van der Waals surface area (Å²) in [6.45, 7) is 3.15. The SMILES string of the molecule is CCSCCC1CCC1CN. The zero-order valence-electron chi connectivity index (χ0n) is 7.38. The summed E-state index contributed by atoms with van der Waals surface area (Å²) in [6.07, 6.45) is 4.23. The third-order valence-corrected chi connectivity index (χ3v) is 3.65. The Morgan fingerprint density at radius 1 is 1.36 bits per heavy atom. The van der Waals surface area contributed by atoms with Gasteiger partial charge in [0.25, 0.3) is 0 Å². The van der Waals surface area contributed by atoms with Crippen molar-refractivity contribution in [1.82, 2.24) is 0 Å². The third-order valence-electron chi connectivity index (χ3n) is 2.71. The van der Waals surface area contributed by atoms with Gasteiger partial charge < -0.3 is 5.73 Å². The topological polar surface area (TPSA) is 26.0 Å². The average molecular weight is 173 g/mol. The van der Waals surface area contributed by atoms with E-state index >= 15 is 0 Å². The zero-order valence-corrected chi connectivity index (χ0v) is 8.20. The molecule has 11 heavy (non-hydrogen) atoms. The fourth-order valence-corrected chi connectivity index (χ4v) is 2.47. The van der Waals surface area contributed by atoms with Crippen molar-refractivity contribution in [1.29, 1.82) is 0 Å². The first kappa shape index (κ1) is 9.40. The highest BCUT2D eigenvalue weighted by molar-refractivity contribution is 7.99. The highest BCUT2D eigenvalue weighted by atomic mass is 32.2. The van der Waals surface area contributed by atoms with E-state index in [4.69, 9.17) is 5.73 Å². The van der Waals surface area contributed by atoms with Gasteiger partial charge >= 0.3 is 0 Å². The summed E-state index contributed by atoms with van der Waals surface area (Å²) in [5.74, 6) is 4.45. The minimum atomic E-state index is 0.868. The molecule has 1 rings (SSSR count). The Bertz CT molecular complexity index is 104. The summed E-state index contributed by atoms with van der Waals surface area (Å²) in [5, 5.41) is 0. The van der Waals surface area contributed by atoms with Gasteiger partial charge in [0, 0.05) is 0 Å². The first-order chi connectivity index (χ1) is 5.38. The fraction of sp³-hybridized carbons (Fsp3) is 1.00. The lowest BCUT2D eigenvalue weighted by molar-refractivity contribution is 0.179. The molecular formula is C9H19NS. The van der Waals surface area contributed by atoms with Gasteiger partial charge in [0.05, 0.1) is 0 Å². The quantitative estimate of drug-likeness (QED) is 0.644. The van der Waals surface area contributed by atoms with Gasteiger partial charge in [-0.15, -0.1) is 0 Å². The van der Waals surface area contributed by atoms with Gasteiger partial charge in [0.15, 0.2) is 0 Å². The minimum Gasteiger partial charge on any atom is -0.330 e. The van der Waals surface area contributed by atoms with E-state index in [-0.39, 0.29) is 0 Å². The summed E-state index contributed by atoms with van der Waals surface area (Å²) in [7, 11) is 0. The Kier molecular flexibility index (Phi) is 4.31. The number of nitrogens with two attached hydrogens (primary N) is 1. The molecule has 0 saturated heterocycles. The van der Waals surface area contributed by atoms with Crippen LogP contribution in [0.4, 0.5) is 0 Å². The standard InChI is InChI=1S/C9H19NS/c1-2-11-6-5-8-3-4-9(8)7-10/h8-9H,2-7,10H2,1H3. The minimum absolute atomic E-state index is 0.868. The molecule has 0 aromatic heterocycles. The molecule has 0 heterocycles. The second-order valence-corrected chi connectivity index (χ2v) is 4.71. The number of thioether (sulfide) groups is 1. The van der Waals surface area contributed by atoms with Crippen molar-refractivity contribution in [2.45, 2.75) is 26.2 Å². The van der Waals surface area contributed by atoms with Crippen molar-refractivity contribution in [2.24, 2.45) is 17.6 Å². The molecule has 2 N–H and O–H groups in total. The van der Waals surface area contributed by atoms with E-state index in [9.17, 15) is 0 Å². The van der Waals surface area contributed by atoms with Gasteiger partial charge in [-0.2, -0.15) is 11.8 Å². The van der Waals surface area contributed by atoms with Gasteiger partial charge in [-0.25, -0.2) is 0 Å². The Labute approximate surface area is 74.1 Å². The van der Waals surface area contributed by atoms with Gasteiger partial charge in [-0.3, -0.25) is 0 Å². The first-order valence-corrected chi connectivity index (χ1v) is 5.81. The highest BCUT2D eigenvalue weighted by Gasteiger charge is 2.28. The molecule has 0 spiro atoms. The van der Waals surface area contributed by atoms with E-state index in [2.05, 4.69) is 18.7 Å². The van der Waals surface area contributed by atoms with E-state index in [0.717, 1.165) is 18.4 Å². The molecule has 0 amide bonds. The van der Waals surface area contributed by atoms with Crippen LogP contribution in [0, 0.1) is 11.8 Å². The predicted molar refractivity (Wildman–Crippen MR) is 52.9 cm³/mol. The molecule has 1 fully saturated rings. The summed E-state index contributed by atoms with van der Waals surface area (Å²) < 4.78 is 0. The molecule has 66 valence electrons. The lowest BCUT2D eigenvalue weighted by Gasteiger charge is -2.35. The van der Waals surface area contributed by atoms with Crippen molar-refractivity contribution < 1.29 is 0 Å². The summed E-state index contributed by atoms with van der Waals surface area (Å²) >= 11 is 2.06. The van der Waals surface area contributed by atoms with Crippen LogP contribution in [0.25, 0.3) is 0 Å². The van der Waals surface area contributed by atoms with Crippen LogP contribution < -0.4 is 5.73 Å². The molecule has 2 atom stereocenters. The molecule has 0 radical (unpaired) electrons. The van der Waals surface area contributed by atoms with E-state index < -0.39 is 0 Å². The fourth-order valence-electron chi connectivity index (χ4n) is 1.71. The molecular weight excluding hydrogens is 154 g/mol. The van der Waals surface area contributed by atoms with Crippen LogP contribution in [0.5, 0.6) is 0 Å². The lowest BCUT2D eigenvalue weighted by Crippen LogP contribution is -2.32. The lowest BCUT2D eigenvalue weighted by atomic mass is 9.72. The molecule has 1 saturated carbocycles. The maximum Gasteiger partial charge on any atom is -0.00462 e. The maximum atomic E-state index is 5.62. The first-order valence-electron chi connectivity index (χ1n) is 4.66. The summed E-state index contributed by atoms with van der Waals surface area (Å²) in [4.78, 5) is 0.